The van der Waals surface area contributed by atoms with Crippen molar-refractivity contribution in [1.29, 1.82) is 0 Å². The molecule has 1 heterocycles. The smallest absolute Gasteiger partial charge is 0.240 e. The van der Waals surface area contributed by atoms with E-state index in [0.717, 1.165) is 11.4 Å². The minimum Gasteiger partial charge on any atom is -0.325 e. The molecule has 0 spiro atoms. The number of aromatic amines is 1. The molecule has 94 valence electrons. The van der Waals surface area contributed by atoms with Gasteiger partial charge in [-0.3, -0.25) is 9.89 Å². The third-order valence-corrected chi connectivity index (χ3v) is 2.40. The number of nitrogens with two attached hydrogens (primary N) is 1. The fraction of sp³-hybridized carbons (Fsp3) is 0.250. The van der Waals surface area contributed by atoms with Crippen molar-refractivity contribution in [3.8, 4) is 11.4 Å². The maximum Gasteiger partial charge on any atom is 0.240 e. The largest absolute Gasteiger partial charge is 0.325 e. The number of anilines is 1. The Morgan fingerprint density at radius 1 is 1.50 bits per heavy atom. The van der Waals surface area contributed by atoms with Gasteiger partial charge in [-0.15, -0.1) is 0 Å². The Morgan fingerprint density at radius 2 is 2.28 bits per heavy atom. The number of aryl methyl sites for hydroxylation is 1. The second kappa shape index (κ2) is 4.97. The standard InChI is InChI=1S/C12H15N5O/c1-7(13)12(18)15-10-5-3-4-9(6-10)11-14-8(2)16-17-11/h3-7H,13H2,1-2H3,(H,15,18)(H,14,16,17). The molecule has 0 aliphatic heterocycles. The fourth-order valence-electron chi connectivity index (χ4n) is 1.46. The quantitative estimate of drug-likeness (QED) is 0.753. The van der Waals surface area contributed by atoms with Gasteiger partial charge < -0.3 is 11.1 Å². The van der Waals surface area contributed by atoms with Crippen molar-refractivity contribution in [3.05, 3.63) is 30.1 Å². The van der Waals surface area contributed by atoms with E-state index in [4.69, 9.17) is 5.73 Å². The van der Waals surface area contributed by atoms with Crippen molar-refractivity contribution >= 4 is 11.6 Å². The summed E-state index contributed by atoms with van der Waals surface area (Å²) in [6.45, 7) is 3.47. The molecule has 0 saturated carbocycles. The highest BCUT2D eigenvalue weighted by atomic mass is 16.2. The van der Waals surface area contributed by atoms with Crippen LogP contribution in [0.2, 0.25) is 0 Å². The number of nitrogens with one attached hydrogen (secondary N) is 2. The van der Waals surface area contributed by atoms with Gasteiger partial charge in [0.2, 0.25) is 5.91 Å². The highest BCUT2D eigenvalue weighted by Gasteiger charge is 2.09. The summed E-state index contributed by atoms with van der Waals surface area (Å²) in [7, 11) is 0. The highest BCUT2D eigenvalue weighted by molar-refractivity contribution is 5.94. The summed E-state index contributed by atoms with van der Waals surface area (Å²) in [5, 5.41) is 9.57. The van der Waals surface area contributed by atoms with Crippen LogP contribution in [0.3, 0.4) is 0 Å². The van der Waals surface area contributed by atoms with E-state index in [1.54, 1.807) is 13.0 Å². The Kier molecular flexibility index (Phi) is 3.38. The lowest BCUT2D eigenvalue weighted by Crippen LogP contribution is -2.32. The molecule has 1 unspecified atom stereocenters. The number of benzene rings is 1. The van der Waals surface area contributed by atoms with Gasteiger partial charge >= 0.3 is 0 Å². The summed E-state index contributed by atoms with van der Waals surface area (Å²) in [5.74, 6) is 1.12. The van der Waals surface area contributed by atoms with E-state index >= 15 is 0 Å². The maximum atomic E-state index is 11.5. The Morgan fingerprint density at radius 3 is 2.89 bits per heavy atom. The van der Waals surface area contributed by atoms with Gasteiger partial charge in [0.25, 0.3) is 0 Å². The molecule has 0 bridgehead atoms. The van der Waals surface area contributed by atoms with E-state index in [-0.39, 0.29) is 5.91 Å². The van der Waals surface area contributed by atoms with Crippen LogP contribution in [0.1, 0.15) is 12.7 Å². The molecular formula is C12H15N5O. The van der Waals surface area contributed by atoms with Gasteiger partial charge in [0.15, 0.2) is 5.82 Å². The normalized spacial score (nSPS) is 12.2. The van der Waals surface area contributed by atoms with Crippen molar-refractivity contribution in [2.24, 2.45) is 5.73 Å². The number of hydrogen-bond acceptors (Lipinski definition) is 4. The van der Waals surface area contributed by atoms with E-state index in [9.17, 15) is 4.79 Å². The molecule has 1 atom stereocenters. The van der Waals surface area contributed by atoms with Crippen LogP contribution < -0.4 is 11.1 Å². The van der Waals surface area contributed by atoms with Gasteiger partial charge in [-0.25, -0.2) is 4.98 Å². The lowest BCUT2D eigenvalue weighted by atomic mass is 10.2. The molecule has 0 aliphatic carbocycles. The van der Waals surface area contributed by atoms with E-state index in [2.05, 4.69) is 20.5 Å². The average Bonchev–Trinajstić information content (AvgIpc) is 2.76. The van der Waals surface area contributed by atoms with Crippen LogP contribution in [0.15, 0.2) is 24.3 Å². The molecule has 18 heavy (non-hydrogen) atoms. The minimum absolute atomic E-state index is 0.224. The van der Waals surface area contributed by atoms with Crippen LogP contribution in [0.25, 0.3) is 11.4 Å². The monoisotopic (exact) mass is 245 g/mol. The SMILES string of the molecule is Cc1nc(-c2cccc(NC(=O)C(C)N)c2)n[nH]1. The molecule has 1 amide bonds. The third kappa shape index (κ3) is 2.72. The Labute approximate surface area is 105 Å². The predicted molar refractivity (Wildman–Crippen MR) is 68.8 cm³/mol. The third-order valence-electron chi connectivity index (χ3n) is 2.40. The molecule has 0 fully saturated rings. The Balaban J connectivity index is 2.23. The van der Waals surface area contributed by atoms with Crippen LogP contribution in [0, 0.1) is 6.92 Å². The van der Waals surface area contributed by atoms with Gasteiger partial charge in [-0.2, -0.15) is 5.10 Å². The maximum absolute atomic E-state index is 11.5. The van der Waals surface area contributed by atoms with Crippen LogP contribution in [0.4, 0.5) is 5.69 Å². The van der Waals surface area contributed by atoms with Gasteiger partial charge in [-0.1, -0.05) is 12.1 Å². The molecule has 1 aromatic heterocycles. The summed E-state index contributed by atoms with van der Waals surface area (Å²) in [6, 6.07) is 6.77. The first-order valence-corrected chi connectivity index (χ1v) is 5.62. The first-order chi connectivity index (χ1) is 8.56. The van der Waals surface area contributed by atoms with E-state index in [1.165, 1.54) is 0 Å². The average molecular weight is 245 g/mol. The summed E-state index contributed by atoms with van der Waals surface area (Å²) in [6.07, 6.45) is 0. The molecule has 2 aromatic rings. The predicted octanol–water partition coefficient (Wildman–Crippen LogP) is 1.07. The second-order valence-electron chi connectivity index (χ2n) is 4.10. The zero-order valence-electron chi connectivity index (χ0n) is 10.3. The van der Waals surface area contributed by atoms with Crippen molar-refractivity contribution in [3.63, 3.8) is 0 Å². The van der Waals surface area contributed by atoms with E-state index in [1.807, 2.05) is 25.1 Å². The molecule has 0 radical (unpaired) electrons. The van der Waals surface area contributed by atoms with Gasteiger partial charge in [-0.05, 0) is 26.0 Å². The first kappa shape index (κ1) is 12.3. The number of nitrogens with zero attached hydrogens (tertiary/aromatic N) is 2. The van der Waals surface area contributed by atoms with Crippen LogP contribution in [-0.4, -0.2) is 27.1 Å². The summed E-state index contributed by atoms with van der Waals surface area (Å²) >= 11 is 0. The summed E-state index contributed by atoms with van der Waals surface area (Å²) in [5.41, 5.74) is 7.01. The molecule has 0 saturated heterocycles. The number of rotatable bonds is 3. The number of carbonyl (C=O) groups excluding carboxylic acids is 1. The number of hydrogen-bond donors (Lipinski definition) is 3. The van der Waals surface area contributed by atoms with Crippen LogP contribution >= 0.6 is 0 Å². The molecule has 6 nitrogen and oxygen atoms in total. The molecule has 6 heteroatoms. The summed E-state index contributed by atoms with van der Waals surface area (Å²) < 4.78 is 0. The number of carbonyl (C=O) groups is 1. The zero-order valence-corrected chi connectivity index (χ0v) is 10.3. The van der Waals surface area contributed by atoms with E-state index in [0.29, 0.717) is 11.5 Å². The first-order valence-electron chi connectivity index (χ1n) is 5.62. The molecule has 2 rings (SSSR count). The number of amides is 1. The van der Waals surface area contributed by atoms with Gasteiger partial charge in [0, 0.05) is 11.3 Å². The molecule has 1 aromatic carbocycles. The fourth-order valence-corrected chi connectivity index (χ4v) is 1.46. The van der Waals surface area contributed by atoms with Gasteiger partial charge in [0.05, 0.1) is 6.04 Å². The molecular weight excluding hydrogens is 230 g/mol. The molecule has 0 aliphatic rings. The lowest BCUT2D eigenvalue weighted by molar-refractivity contribution is -0.117. The van der Waals surface area contributed by atoms with Crippen LogP contribution in [-0.2, 0) is 4.79 Å². The Hall–Kier alpha value is -2.21. The molecule has 4 N–H and O–H groups in total. The van der Waals surface area contributed by atoms with Crippen molar-refractivity contribution < 1.29 is 4.79 Å². The number of H-pyrrole nitrogens is 1. The van der Waals surface area contributed by atoms with Gasteiger partial charge in [0.1, 0.15) is 5.82 Å². The number of aromatic nitrogens is 3. The van der Waals surface area contributed by atoms with E-state index < -0.39 is 6.04 Å². The van der Waals surface area contributed by atoms with Crippen molar-refractivity contribution in [2.45, 2.75) is 19.9 Å². The van der Waals surface area contributed by atoms with Crippen molar-refractivity contribution in [1.82, 2.24) is 15.2 Å². The Bertz CT molecular complexity index is 561. The van der Waals surface area contributed by atoms with Crippen LogP contribution in [0.5, 0.6) is 0 Å². The topological polar surface area (TPSA) is 96.7 Å². The summed E-state index contributed by atoms with van der Waals surface area (Å²) in [4.78, 5) is 15.7. The zero-order chi connectivity index (χ0) is 13.1. The minimum atomic E-state index is -0.542. The van der Waals surface area contributed by atoms with Crippen molar-refractivity contribution in [2.75, 3.05) is 5.32 Å². The lowest BCUT2D eigenvalue weighted by Gasteiger charge is -2.08. The second-order valence-corrected chi connectivity index (χ2v) is 4.10. The highest BCUT2D eigenvalue weighted by Crippen LogP contribution is 2.19.